The number of benzene rings is 2. The molecule has 0 heterocycles. The molecule has 0 aliphatic carbocycles. The van der Waals surface area contributed by atoms with Gasteiger partial charge in [0.05, 0.1) is 4.90 Å². The molecule has 0 bridgehead atoms. The first-order chi connectivity index (χ1) is 8.50. The summed E-state index contributed by atoms with van der Waals surface area (Å²) in [7, 11) is -3.12. The Bertz CT molecular complexity index is 644. The fraction of sp³-hybridized carbons (Fsp3) is 0.143. The van der Waals surface area contributed by atoms with Crippen molar-refractivity contribution in [1.82, 2.24) is 0 Å². The van der Waals surface area contributed by atoms with Crippen LogP contribution in [0.2, 0.25) is 0 Å². The zero-order chi connectivity index (χ0) is 13.2. The van der Waals surface area contributed by atoms with E-state index in [0.29, 0.717) is 4.90 Å². The van der Waals surface area contributed by atoms with E-state index in [9.17, 15) is 8.42 Å². The molecule has 0 spiro atoms. The van der Waals surface area contributed by atoms with E-state index in [1.165, 1.54) is 11.2 Å². The fourth-order valence-electron chi connectivity index (χ4n) is 1.70. The lowest BCUT2D eigenvalue weighted by Crippen LogP contribution is -1.96. The minimum absolute atomic E-state index is 0.354. The molecule has 2 aromatic rings. The van der Waals surface area contributed by atoms with Gasteiger partial charge in [-0.3, -0.25) is 0 Å². The highest BCUT2D eigenvalue weighted by atomic mass is 32.2. The van der Waals surface area contributed by atoms with Crippen molar-refractivity contribution in [2.45, 2.75) is 9.79 Å². The van der Waals surface area contributed by atoms with Crippen LogP contribution in [0.15, 0.2) is 58.3 Å². The van der Waals surface area contributed by atoms with Gasteiger partial charge in [0.1, 0.15) is 0 Å². The van der Waals surface area contributed by atoms with Gasteiger partial charge in [0.25, 0.3) is 0 Å². The highest BCUT2D eigenvalue weighted by molar-refractivity contribution is 7.98. The van der Waals surface area contributed by atoms with Gasteiger partial charge >= 0.3 is 0 Å². The summed E-state index contributed by atoms with van der Waals surface area (Å²) in [5.74, 6) is 0. The molecule has 2 rings (SSSR count). The van der Waals surface area contributed by atoms with Gasteiger partial charge < -0.3 is 0 Å². The Labute approximate surface area is 112 Å². The van der Waals surface area contributed by atoms with E-state index in [2.05, 4.69) is 12.1 Å². The second kappa shape index (κ2) is 5.16. The molecule has 0 N–H and O–H groups in total. The lowest BCUT2D eigenvalue weighted by Gasteiger charge is -2.05. The molecular formula is C14H14O2S2. The van der Waals surface area contributed by atoms with Crippen molar-refractivity contribution >= 4 is 21.6 Å². The summed E-state index contributed by atoms with van der Waals surface area (Å²) in [5, 5.41) is 0. The molecule has 94 valence electrons. The van der Waals surface area contributed by atoms with Crippen molar-refractivity contribution in [3.63, 3.8) is 0 Å². The van der Waals surface area contributed by atoms with Crippen LogP contribution in [-0.2, 0) is 9.84 Å². The van der Waals surface area contributed by atoms with Crippen LogP contribution in [0.5, 0.6) is 0 Å². The predicted octanol–water partition coefficient (Wildman–Crippen LogP) is 3.48. The minimum Gasteiger partial charge on any atom is -0.224 e. The van der Waals surface area contributed by atoms with Crippen molar-refractivity contribution in [2.75, 3.05) is 12.5 Å². The summed E-state index contributed by atoms with van der Waals surface area (Å²) < 4.78 is 22.8. The van der Waals surface area contributed by atoms with Crippen molar-refractivity contribution in [3.8, 4) is 11.1 Å². The molecule has 4 heteroatoms. The summed E-state index contributed by atoms with van der Waals surface area (Å²) in [6.45, 7) is 0. The van der Waals surface area contributed by atoms with Gasteiger partial charge in [0.2, 0.25) is 0 Å². The van der Waals surface area contributed by atoms with E-state index in [0.717, 1.165) is 11.1 Å². The molecule has 0 aliphatic rings. The molecule has 0 saturated carbocycles. The van der Waals surface area contributed by atoms with Crippen LogP contribution in [0.4, 0.5) is 0 Å². The smallest absolute Gasteiger partial charge is 0.175 e. The average molecular weight is 278 g/mol. The van der Waals surface area contributed by atoms with E-state index in [1.807, 2.05) is 30.5 Å². The third kappa shape index (κ3) is 2.94. The van der Waals surface area contributed by atoms with Crippen LogP contribution in [-0.4, -0.2) is 20.9 Å². The van der Waals surface area contributed by atoms with Gasteiger partial charge in [-0.2, -0.15) is 0 Å². The molecule has 0 unspecified atom stereocenters. The summed E-state index contributed by atoms with van der Waals surface area (Å²) in [6.07, 6.45) is 3.25. The third-order valence-corrected chi connectivity index (χ3v) is 4.54. The van der Waals surface area contributed by atoms with E-state index >= 15 is 0 Å². The molecule has 0 radical (unpaired) electrons. The molecule has 0 aromatic heterocycles. The molecular weight excluding hydrogens is 264 g/mol. The summed E-state index contributed by atoms with van der Waals surface area (Å²) in [6, 6.07) is 15.2. The minimum atomic E-state index is -3.12. The van der Waals surface area contributed by atoms with Gasteiger partial charge in [0, 0.05) is 11.2 Å². The Kier molecular flexibility index (Phi) is 3.78. The van der Waals surface area contributed by atoms with Gasteiger partial charge in [0.15, 0.2) is 9.84 Å². The molecule has 2 nitrogen and oxygen atoms in total. The maximum absolute atomic E-state index is 11.4. The molecule has 0 fully saturated rings. The van der Waals surface area contributed by atoms with Gasteiger partial charge in [-0.15, -0.1) is 11.8 Å². The van der Waals surface area contributed by atoms with E-state index in [-0.39, 0.29) is 0 Å². The number of rotatable bonds is 3. The number of sulfone groups is 1. The first-order valence-corrected chi connectivity index (χ1v) is 8.57. The zero-order valence-electron chi connectivity index (χ0n) is 10.3. The number of hydrogen-bond donors (Lipinski definition) is 0. The molecule has 0 saturated heterocycles. The van der Waals surface area contributed by atoms with E-state index in [1.54, 1.807) is 23.9 Å². The Morgan fingerprint density at radius 2 is 1.61 bits per heavy atom. The Morgan fingerprint density at radius 3 is 2.17 bits per heavy atom. The summed E-state index contributed by atoms with van der Waals surface area (Å²) in [5.41, 5.74) is 2.13. The van der Waals surface area contributed by atoms with Crippen LogP contribution in [0.25, 0.3) is 11.1 Å². The van der Waals surface area contributed by atoms with E-state index in [4.69, 9.17) is 0 Å². The van der Waals surface area contributed by atoms with Crippen LogP contribution in [0.1, 0.15) is 0 Å². The second-order valence-electron chi connectivity index (χ2n) is 4.03. The molecule has 0 amide bonds. The molecule has 18 heavy (non-hydrogen) atoms. The number of thioether (sulfide) groups is 1. The largest absolute Gasteiger partial charge is 0.224 e. The highest BCUT2D eigenvalue weighted by Gasteiger charge is 2.06. The molecule has 0 aliphatic heterocycles. The van der Waals surface area contributed by atoms with Crippen molar-refractivity contribution < 1.29 is 8.42 Å². The third-order valence-electron chi connectivity index (χ3n) is 2.69. The lowest BCUT2D eigenvalue weighted by molar-refractivity contribution is 0.602. The first kappa shape index (κ1) is 13.2. The van der Waals surface area contributed by atoms with E-state index < -0.39 is 9.84 Å². The predicted molar refractivity (Wildman–Crippen MR) is 76.8 cm³/mol. The zero-order valence-corrected chi connectivity index (χ0v) is 11.9. The van der Waals surface area contributed by atoms with Gasteiger partial charge in [-0.05, 0) is 41.6 Å². The van der Waals surface area contributed by atoms with Gasteiger partial charge in [-0.25, -0.2) is 8.42 Å². The topological polar surface area (TPSA) is 34.1 Å². The Hall–Kier alpha value is -1.26. The Morgan fingerprint density at radius 1 is 0.944 bits per heavy atom. The van der Waals surface area contributed by atoms with Crippen LogP contribution in [0, 0.1) is 0 Å². The first-order valence-electron chi connectivity index (χ1n) is 5.45. The second-order valence-corrected chi connectivity index (χ2v) is 6.92. The maximum atomic E-state index is 11.4. The van der Waals surface area contributed by atoms with Crippen molar-refractivity contribution in [1.29, 1.82) is 0 Å². The summed E-state index contributed by atoms with van der Waals surface area (Å²) in [4.78, 5) is 1.55. The highest BCUT2D eigenvalue weighted by Crippen LogP contribution is 2.25. The monoisotopic (exact) mass is 278 g/mol. The summed E-state index contributed by atoms with van der Waals surface area (Å²) >= 11 is 1.69. The fourth-order valence-corrected chi connectivity index (χ4v) is 2.79. The SMILES string of the molecule is CSc1cccc(-c2ccc(S(C)(=O)=O)cc2)c1. The maximum Gasteiger partial charge on any atom is 0.175 e. The lowest BCUT2D eigenvalue weighted by atomic mass is 10.1. The molecule has 0 atom stereocenters. The van der Waals surface area contributed by atoms with Crippen molar-refractivity contribution in [3.05, 3.63) is 48.5 Å². The average Bonchev–Trinajstić information content (AvgIpc) is 2.38. The van der Waals surface area contributed by atoms with Gasteiger partial charge in [-0.1, -0.05) is 24.3 Å². The van der Waals surface area contributed by atoms with Crippen molar-refractivity contribution in [2.24, 2.45) is 0 Å². The van der Waals surface area contributed by atoms with Crippen LogP contribution >= 0.6 is 11.8 Å². The standard InChI is InChI=1S/C14H14O2S2/c1-17-13-5-3-4-12(10-13)11-6-8-14(9-7-11)18(2,15)16/h3-10H,1-2H3. The number of hydrogen-bond acceptors (Lipinski definition) is 3. The quantitative estimate of drug-likeness (QED) is 0.806. The van der Waals surface area contributed by atoms with Crippen LogP contribution < -0.4 is 0 Å². The normalized spacial score (nSPS) is 11.4. The Balaban J connectivity index is 2.40. The van der Waals surface area contributed by atoms with Crippen LogP contribution in [0.3, 0.4) is 0 Å². The molecule has 2 aromatic carbocycles.